The zero-order valence-corrected chi connectivity index (χ0v) is 9.49. The molecule has 2 aromatic heterocycles. The Hall–Kier alpha value is -1.13. The molecule has 0 radical (unpaired) electrons. The minimum atomic E-state index is 0.122. The molecule has 0 aromatic carbocycles. The third-order valence-corrected chi connectivity index (χ3v) is 3.34. The molecule has 2 N–H and O–H groups in total. The topological polar surface area (TPSA) is 44.9 Å². The van der Waals surface area contributed by atoms with E-state index in [1.807, 2.05) is 0 Å². The quantitative estimate of drug-likeness (QED) is 0.774. The van der Waals surface area contributed by atoms with E-state index < -0.39 is 0 Å². The van der Waals surface area contributed by atoms with Crippen LogP contribution < -0.4 is 10.7 Å². The number of thiophene rings is 1. The summed E-state index contributed by atoms with van der Waals surface area (Å²) in [6, 6.07) is 1.59. The van der Waals surface area contributed by atoms with Crippen molar-refractivity contribution in [3.8, 4) is 0 Å². The molecule has 0 aliphatic rings. The normalized spacial score (nSPS) is 11.0. The highest BCUT2D eigenvalue weighted by molar-refractivity contribution is 7.16. The number of hydrogen-bond donors (Lipinski definition) is 2. The van der Waals surface area contributed by atoms with Crippen LogP contribution in [-0.2, 0) is 6.42 Å². The van der Waals surface area contributed by atoms with E-state index in [0.29, 0.717) is 0 Å². The average Bonchev–Trinajstić information content (AvgIpc) is 2.63. The molecule has 15 heavy (non-hydrogen) atoms. The highest BCUT2D eigenvalue weighted by Crippen LogP contribution is 2.20. The van der Waals surface area contributed by atoms with Gasteiger partial charge in [-0.3, -0.25) is 4.79 Å². The number of likely N-dealkylation sites (N-methyl/N-ethyl adjacent to an activating group) is 1. The van der Waals surface area contributed by atoms with Crippen molar-refractivity contribution >= 4 is 21.6 Å². The molecule has 0 bridgehead atoms. The van der Waals surface area contributed by atoms with Crippen molar-refractivity contribution in [1.82, 2.24) is 10.3 Å². The standard InChI is InChI=1S/C11H14N2OS/c1-2-12-5-3-8-7-15-11-10(8)9(14)4-6-13-11/h4,6-7,12H,2-3,5H2,1H3,(H,13,14). The molecule has 4 heteroatoms. The molecule has 0 aliphatic carbocycles. The lowest BCUT2D eigenvalue weighted by Crippen LogP contribution is -2.16. The average molecular weight is 222 g/mol. The van der Waals surface area contributed by atoms with Crippen LogP contribution in [-0.4, -0.2) is 18.1 Å². The molecule has 2 heterocycles. The first kappa shape index (κ1) is 10.4. The second-order valence-electron chi connectivity index (χ2n) is 3.41. The number of aromatic amines is 1. The Bertz CT molecular complexity index is 501. The summed E-state index contributed by atoms with van der Waals surface area (Å²) in [6.07, 6.45) is 2.62. The third-order valence-electron chi connectivity index (χ3n) is 2.38. The van der Waals surface area contributed by atoms with Crippen LogP contribution in [0.4, 0.5) is 0 Å². The molecule has 0 unspecified atom stereocenters. The van der Waals surface area contributed by atoms with Crippen LogP contribution in [0.3, 0.4) is 0 Å². The number of fused-ring (bicyclic) bond motifs is 1. The smallest absolute Gasteiger partial charge is 0.190 e. The Morgan fingerprint density at radius 3 is 3.20 bits per heavy atom. The summed E-state index contributed by atoms with van der Waals surface area (Å²) in [5.74, 6) is 0. The van der Waals surface area contributed by atoms with Crippen LogP contribution in [0.15, 0.2) is 22.4 Å². The molecule has 0 spiro atoms. The van der Waals surface area contributed by atoms with Gasteiger partial charge in [0.15, 0.2) is 5.43 Å². The summed E-state index contributed by atoms with van der Waals surface area (Å²) in [6.45, 7) is 3.98. The van der Waals surface area contributed by atoms with Gasteiger partial charge in [0.1, 0.15) is 4.83 Å². The van der Waals surface area contributed by atoms with Gasteiger partial charge in [-0.25, -0.2) is 0 Å². The first-order valence-electron chi connectivity index (χ1n) is 5.11. The number of aromatic nitrogens is 1. The van der Waals surface area contributed by atoms with E-state index in [2.05, 4.69) is 22.6 Å². The van der Waals surface area contributed by atoms with Crippen LogP contribution in [0, 0.1) is 0 Å². The molecule has 0 fully saturated rings. The number of hydrogen-bond acceptors (Lipinski definition) is 3. The maximum atomic E-state index is 11.7. The van der Waals surface area contributed by atoms with Gasteiger partial charge in [0.05, 0.1) is 5.39 Å². The van der Waals surface area contributed by atoms with Crippen LogP contribution in [0.5, 0.6) is 0 Å². The summed E-state index contributed by atoms with van der Waals surface area (Å²) < 4.78 is 0. The predicted octanol–water partition coefficient (Wildman–Crippen LogP) is 1.74. The Kier molecular flexibility index (Phi) is 3.18. The zero-order chi connectivity index (χ0) is 10.7. The van der Waals surface area contributed by atoms with Gasteiger partial charge in [0.25, 0.3) is 0 Å². The fourth-order valence-electron chi connectivity index (χ4n) is 1.63. The zero-order valence-electron chi connectivity index (χ0n) is 8.67. The molecule has 0 aliphatic heterocycles. The molecule has 0 atom stereocenters. The molecule has 0 amide bonds. The second-order valence-corrected chi connectivity index (χ2v) is 4.29. The van der Waals surface area contributed by atoms with Crippen LogP contribution in [0.25, 0.3) is 10.2 Å². The van der Waals surface area contributed by atoms with Gasteiger partial charge in [0.2, 0.25) is 0 Å². The maximum Gasteiger partial charge on any atom is 0.190 e. The molecular formula is C11H14N2OS. The molecule has 2 rings (SSSR count). The minimum Gasteiger partial charge on any atom is -0.353 e. The van der Waals surface area contributed by atoms with E-state index in [1.165, 1.54) is 0 Å². The molecule has 80 valence electrons. The lowest BCUT2D eigenvalue weighted by atomic mass is 10.1. The van der Waals surface area contributed by atoms with Crippen molar-refractivity contribution in [2.75, 3.05) is 13.1 Å². The summed E-state index contributed by atoms with van der Waals surface area (Å²) in [7, 11) is 0. The Balaban J connectivity index is 2.32. The summed E-state index contributed by atoms with van der Waals surface area (Å²) in [5.41, 5.74) is 1.27. The van der Waals surface area contributed by atoms with Crippen LogP contribution in [0.1, 0.15) is 12.5 Å². The summed E-state index contributed by atoms with van der Waals surface area (Å²) in [4.78, 5) is 15.7. The van der Waals surface area contributed by atoms with Gasteiger partial charge < -0.3 is 10.3 Å². The predicted molar refractivity (Wildman–Crippen MR) is 64.7 cm³/mol. The number of pyridine rings is 1. The van der Waals surface area contributed by atoms with Crippen LogP contribution in [0.2, 0.25) is 0 Å². The highest BCUT2D eigenvalue weighted by Gasteiger charge is 2.06. The molecule has 0 saturated carbocycles. The van der Waals surface area contributed by atoms with E-state index in [9.17, 15) is 4.79 Å². The van der Waals surface area contributed by atoms with E-state index in [1.54, 1.807) is 23.6 Å². The van der Waals surface area contributed by atoms with Gasteiger partial charge in [-0.1, -0.05) is 6.92 Å². The van der Waals surface area contributed by atoms with Crippen molar-refractivity contribution in [1.29, 1.82) is 0 Å². The number of rotatable bonds is 4. The third kappa shape index (κ3) is 2.11. The van der Waals surface area contributed by atoms with E-state index >= 15 is 0 Å². The fourth-order valence-corrected chi connectivity index (χ4v) is 2.61. The van der Waals surface area contributed by atoms with Gasteiger partial charge >= 0.3 is 0 Å². The van der Waals surface area contributed by atoms with E-state index in [0.717, 1.165) is 35.3 Å². The van der Waals surface area contributed by atoms with Gasteiger partial charge in [-0.2, -0.15) is 0 Å². The second kappa shape index (κ2) is 4.59. The first-order chi connectivity index (χ1) is 7.33. The van der Waals surface area contributed by atoms with Gasteiger partial charge in [-0.15, -0.1) is 11.3 Å². The van der Waals surface area contributed by atoms with Gasteiger partial charge in [0, 0.05) is 12.3 Å². The van der Waals surface area contributed by atoms with Crippen LogP contribution >= 0.6 is 11.3 Å². The Morgan fingerprint density at radius 2 is 2.40 bits per heavy atom. The Morgan fingerprint density at radius 1 is 1.53 bits per heavy atom. The SMILES string of the molecule is CCNCCc1csc2[nH]ccc(=O)c12. The monoisotopic (exact) mass is 222 g/mol. The lowest BCUT2D eigenvalue weighted by molar-refractivity contribution is 0.719. The number of nitrogens with one attached hydrogen (secondary N) is 2. The van der Waals surface area contributed by atoms with E-state index in [4.69, 9.17) is 0 Å². The first-order valence-corrected chi connectivity index (χ1v) is 5.99. The summed E-state index contributed by atoms with van der Waals surface area (Å²) in [5, 5.41) is 6.19. The van der Waals surface area contributed by atoms with Gasteiger partial charge in [-0.05, 0) is 30.5 Å². The Labute approximate surface area is 92.1 Å². The molecular weight excluding hydrogens is 208 g/mol. The van der Waals surface area contributed by atoms with Crippen molar-refractivity contribution in [3.05, 3.63) is 33.4 Å². The van der Waals surface area contributed by atoms with Crippen molar-refractivity contribution in [2.24, 2.45) is 0 Å². The van der Waals surface area contributed by atoms with Crippen molar-refractivity contribution in [2.45, 2.75) is 13.3 Å². The highest BCUT2D eigenvalue weighted by atomic mass is 32.1. The van der Waals surface area contributed by atoms with Crippen molar-refractivity contribution < 1.29 is 0 Å². The largest absolute Gasteiger partial charge is 0.353 e. The number of H-pyrrole nitrogens is 1. The maximum absolute atomic E-state index is 11.7. The fraction of sp³-hybridized carbons (Fsp3) is 0.364. The van der Waals surface area contributed by atoms with Crippen molar-refractivity contribution in [3.63, 3.8) is 0 Å². The molecule has 0 saturated heterocycles. The lowest BCUT2D eigenvalue weighted by Gasteiger charge is -1.99. The molecule has 2 aromatic rings. The summed E-state index contributed by atoms with van der Waals surface area (Å²) >= 11 is 1.60. The van der Waals surface area contributed by atoms with E-state index in [-0.39, 0.29) is 5.43 Å². The minimum absolute atomic E-state index is 0.122. The molecule has 3 nitrogen and oxygen atoms in total.